The number of hydrogen-bond donors (Lipinski definition) is 1. The lowest BCUT2D eigenvalue weighted by molar-refractivity contribution is -0.120. The highest BCUT2D eigenvalue weighted by Crippen LogP contribution is 2.21. The molecule has 0 spiro atoms. The van der Waals surface area contributed by atoms with Gasteiger partial charge < -0.3 is 5.32 Å². The first-order valence-electron chi connectivity index (χ1n) is 9.83. The third-order valence-corrected chi connectivity index (χ3v) is 5.94. The van der Waals surface area contributed by atoms with Crippen molar-refractivity contribution in [2.75, 3.05) is 45.0 Å². The van der Waals surface area contributed by atoms with Gasteiger partial charge in [-0.3, -0.25) is 14.6 Å². The van der Waals surface area contributed by atoms with Gasteiger partial charge in [-0.2, -0.15) is 0 Å². The van der Waals surface area contributed by atoms with Crippen molar-refractivity contribution in [1.82, 2.24) is 15.1 Å². The third-order valence-electron chi connectivity index (χ3n) is 4.89. The van der Waals surface area contributed by atoms with Crippen LogP contribution in [0.4, 0.5) is 4.39 Å². The fourth-order valence-electron chi connectivity index (χ4n) is 3.27. The quantitative estimate of drug-likeness (QED) is 0.655. The van der Waals surface area contributed by atoms with E-state index in [1.165, 1.54) is 23.4 Å². The van der Waals surface area contributed by atoms with Crippen molar-refractivity contribution in [3.05, 3.63) is 66.0 Å². The summed E-state index contributed by atoms with van der Waals surface area (Å²) in [5.41, 5.74) is 1.36. The van der Waals surface area contributed by atoms with Crippen LogP contribution in [0.25, 0.3) is 0 Å². The van der Waals surface area contributed by atoms with E-state index in [9.17, 15) is 9.18 Å². The largest absolute Gasteiger partial charge is 0.355 e. The maximum absolute atomic E-state index is 13.5. The molecule has 1 saturated heterocycles. The molecule has 28 heavy (non-hydrogen) atoms. The highest BCUT2D eigenvalue weighted by atomic mass is 32.2. The van der Waals surface area contributed by atoms with E-state index in [0.29, 0.717) is 23.6 Å². The normalized spacial score (nSPS) is 15.5. The molecule has 150 valence electrons. The molecule has 6 heteroatoms. The van der Waals surface area contributed by atoms with E-state index in [-0.39, 0.29) is 11.7 Å². The molecule has 4 nitrogen and oxygen atoms in total. The molecule has 0 saturated carbocycles. The number of halogens is 1. The van der Waals surface area contributed by atoms with Crippen molar-refractivity contribution in [1.29, 1.82) is 0 Å². The Bertz CT molecular complexity index is 736. The van der Waals surface area contributed by atoms with Gasteiger partial charge in [0.25, 0.3) is 0 Å². The van der Waals surface area contributed by atoms with Crippen molar-refractivity contribution in [2.45, 2.75) is 17.9 Å². The van der Waals surface area contributed by atoms with E-state index in [4.69, 9.17) is 0 Å². The van der Waals surface area contributed by atoms with E-state index in [0.717, 1.165) is 39.3 Å². The zero-order chi connectivity index (χ0) is 19.6. The predicted octanol–water partition coefficient (Wildman–Crippen LogP) is 3.24. The highest BCUT2D eigenvalue weighted by molar-refractivity contribution is 7.99. The summed E-state index contributed by atoms with van der Waals surface area (Å²) in [6.07, 6.45) is 0.407. The Morgan fingerprint density at radius 2 is 1.64 bits per heavy atom. The molecule has 1 N–H and O–H groups in total. The first-order valence-corrected chi connectivity index (χ1v) is 10.8. The van der Waals surface area contributed by atoms with E-state index >= 15 is 0 Å². The van der Waals surface area contributed by atoms with Crippen LogP contribution < -0.4 is 5.32 Å². The van der Waals surface area contributed by atoms with Crippen molar-refractivity contribution in [3.63, 3.8) is 0 Å². The Labute approximate surface area is 171 Å². The number of amides is 1. The minimum atomic E-state index is -0.223. The van der Waals surface area contributed by atoms with Crippen LogP contribution in [0, 0.1) is 5.82 Å². The zero-order valence-electron chi connectivity index (χ0n) is 16.1. The van der Waals surface area contributed by atoms with Gasteiger partial charge >= 0.3 is 0 Å². The summed E-state index contributed by atoms with van der Waals surface area (Å²) in [4.78, 5) is 17.4. The molecule has 0 atom stereocenters. The van der Waals surface area contributed by atoms with Crippen molar-refractivity contribution < 1.29 is 9.18 Å². The lowest BCUT2D eigenvalue weighted by Crippen LogP contribution is -2.48. The summed E-state index contributed by atoms with van der Waals surface area (Å²) in [5.74, 6) is 0.399. The van der Waals surface area contributed by atoms with Crippen LogP contribution in [0.3, 0.4) is 0 Å². The minimum Gasteiger partial charge on any atom is -0.355 e. The molecule has 0 radical (unpaired) electrons. The van der Waals surface area contributed by atoms with Crippen LogP contribution >= 0.6 is 11.8 Å². The van der Waals surface area contributed by atoms with Gasteiger partial charge in [-0.05, 0) is 17.7 Å². The molecule has 3 rings (SSSR count). The summed E-state index contributed by atoms with van der Waals surface area (Å²) in [6.45, 7) is 6.74. The number of rotatable bonds is 9. The lowest BCUT2D eigenvalue weighted by atomic mass is 10.2. The second-order valence-electron chi connectivity index (χ2n) is 6.98. The van der Waals surface area contributed by atoms with Crippen molar-refractivity contribution >= 4 is 17.7 Å². The third kappa shape index (κ3) is 6.93. The lowest BCUT2D eigenvalue weighted by Gasteiger charge is -2.34. The predicted molar refractivity (Wildman–Crippen MR) is 113 cm³/mol. The number of carbonyl (C=O) groups excluding carboxylic acids is 1. The molecular formula is C22H28FN3OS. The molecule has 1 fully saturated rings. The summed E-state index contributed by atoms with van der Waals surface area (Å²) >= 11 is 1.39. The Morgan fingerprint density at radius 1 is 0.964 bits per heavy atom. The second kappa shape index (κ2) is 11.2. The number of nitrogens with one attached hydrogen (secondary N) is 1. The number of piperazine rings is 1. The van der Waals surface area contributed by atoms with Crippen LogP contribution in [0.15, 0.2) is 59.5 Å². The highest BCUT2D eigenvalue weighted by Gasteiger charge is 2.16. The Balaban J connectivity index is 1.25. The van der Waals surface area contributed by atoms with Crippen LogP contribution in [-0.2, 0) is 11.3 Å². The monoisotopic (exact) mass is 401 g/mol. The molecule has 1 heterocycles. The van der Waals surface area contributed by atoms with Gasteiger partial charge in [0.1, 0.15) is 5.82 Å². The minimum absolute atomic E-state index is 0.0338. The maximum atomic E-state index is 13.5. The molecule has 1 aliphatic rings. The average Bonchev–Trinajstić information content (AvgIpc) is 2.72. The van der Waals surface area contributed by atoms with Crippen molar-refractivity contribution in [2.24, 2.45) is 0 Å². The maximum Gasteiger partial charge on any atom is 0.220 e. The fraction of sp³-hybridized carbons (Fsp3) is 0.409. The molecule has 1 aliphatic heterocycles. The molecular weight excluding hydrogens is 373 g/mol. The molecule has 2 aromatic rings. The molecule has 0 aromatic heterocycles. The van der Waals surface area contributed by atoms with Gasteiger partial charge in [0.2, 0.25) is 5.91 Å². The SMILES string of the molecule is O=C(CCSc1ccccc1F)NCCN1CCN(Cc2ccccc2)CC1. The van der Waals surface area contributed by atoms with Crippen molar-refractivity contribution in [3.8, 4) is 0 Å². The zero-order valence-corrected chi connectivity index (χ0v) is 17.0. The summed E-state index contributed by atoms with van der Waals surface area (Å²) in [5, 5.41) is 2.98. The fourth-order valence-corrected chi connectivity index (χ4v) is 4.16. The van der Waals surface area contributed by atoms with E-state index in [1.807, 2.05) is 12.1 Å². The smallest absolute Gasteiger partial charge is 0.220 e. The number of hydrogen-bond acceptors (Lipinski definition) is 4. The first-order chi connectivity index (χ1) is 13.7. The van der Waals surface area contributed by atoms with Gasteiger partial charge in [-0.25, -0.2) is 4.39 Å². The average molecular weight is 402 g/mol. The molecule has 0 bridgehead atoms. The van der Waals surface area contributed by atoms with Crippen LogP contribution in [0.1, 0.15) is 12.0 Å². The number of thioether (sulfide) groups is 1. The summed E-state index contributed by atoms with van der Waals surface area (Å²) in [7, 11) is 0. The molecule has 1 amide bonds. The van der Waals surface area contributed by atoms with Gasteiger partial charge in [0.15, 0.2) is 0 Å². The summed E-state index contributed by atoms with van der Waals surface area (Å²) < 4.78 is 13.5. The molecule has 2 aromatic carbocycles. The Morgan fingerprint density at radius 3 is 2.39 bits per heavy atom. The van der Waals surface area contributed by atoms with Gasteiger partial charge in [0, 0.05) is 62.9 Å². The van der Waals surface area contributed by atoms with E-state index in [1.54, 1.807) is 12.1 Å². The topological polar surface area (TPSA) is 35.6 Å². The standard InChI is InChI=1S/C22H28FN3OS/c23-20-8-4-5-9-21(20)28-17-10-22(27)24-11-12-25-13-15-26(16-14-25)18-19-6-2-1-3-7-19/h1-9H,10-18H2,(H,24,27). The Kier molecular flexibility index (Phi) is 8.33. The van der Waals surface area contributed by atoms with Crippen LogP contribution in [-0.4, -0.2) is 60.7 Å². The van der Waals surface area contributed by atoms with Gasteiger partial charge in [-0.15, -0.1) is 11.8 Å². The van der Waals surface area contributed by atoms with E-state index < -0.39 is 0 Å². The van der Waals surface area contributed by atoms with Crippen LogP contribution in [0.2, 0.25) is 0 Å². The van der Waals surface area contributed by atoms with E-state index in [2.05, 4.69) is 39.4 Å². The number of carbonyl (C=O) groups is 1. The Hall–Kier alpha value is -1.89. The molecule has 0 aliphatic carbocycles. The number of nitrogens with zero attached hydrogens (tertiary/aromatic N) is 2. The van der Waals surface area contributed by atoms with Gasteiger partial charge in [0.05, 0.1) is 0 Å². The summed E-state index contributed by atoms with van der Waals surface area (Å²) in [6, 6.07) is 17.2. The number of benzene rings is 2. The van der Waals surface area contributed by atoms with Crippen LogP contribution in [0.5, 0.6) is 0 Å². The van der Waals surface area contributed by atoms with Gasteiger partial charge in [-0.1, -0.05) is 42.5 Å². The second-order valence-corrected chi connectivity index (χ2v) is 8.12. The first kappa shape index (κ1) is 20.8. The molecule has 0 unspecified atom stereocenters.